The van der Waals surface area contributed by atoms with Gasteiger partial charge < -0.3 is 31.5 Å². The second kappa shape index (κ2) is 16.3. The lowest BCUT2D eigenvalue weighted by Gasteiger charge is -2.53. The van der Waals surface area contributed by atoms with Crippen molar-refractivity contribution in [3.63, 3.8) is 0 Å². The van der Waals surface area contributed by atoms with Gasteiger partial charge in [-0.15, -0.1) is 0 Å². The Morgan fingerprint density at radius 3 is 2.22 bits per heavy atom. The van der Waals surface area contributed by atoms with Crippen LogP contribution in [0.1, 0.15) is 113 Å². The number of hydrogen-bond acceptors (Lipinski definition) is 8. The number of carbonyl (C=O) groups is 4. The van der Waals surface area contributed by atoms with Crippen molar-refractivity contribution in [3.05, 3.63) is 58.2 Å². The molecule has 3 saturated heterocycles. The molecule has 2 bridgehead atoms. The monoisotopic (exact) mass is 880 g/mol. The van der Waals surface area contributed by atoms with Crippen LogP contribution in [0.2, 0.25) is 0 Å². The summed E-state index contributed by atoms with van der Waals surface area (Å²) in [6.07, 6.45) is 13.7. The minimum atomic E-state index is -0.546. The molecule has 2 aromatic carbocycles. The van der Waals surface area contributed by atoms with Crippen molar-refractivity contribution in [2.75, 3.05) is 43.4 Å². The van der Waals surface area contributed by atoms with Crippen LogP contribution in [0.5, 0.6) is 0 Å². The van der Waals surface area contributed by atoms with Gasteiger partial charge in [0.2, 0.25) is 17.7 Å². The minimum Gasteiger partial charge on any atom is -0.373 e. The first kappa shape index (κ1) is 42.5. The van der Waals surface area contributed by atoms with Gasteiger partial charge in [0.25, 0.3) is 0 Å². The summed E-state index contributed by atoms with van der Waals surface area (Å²) in [5.41, 5.74) is 4.53. The molecule has 5 N–H and O–H groups in total. The first-order chi connectivity index (χ1) is 30.8. The third-order valence-electron chi connectivity index (χ3n) is 18.4. The number of anilines is 2. The van der Waals surface area contributed by atoms with Gasteiger partial charge in [-0.2, -0.15) is 0 Å². The number of ketones is 1. The highest BCUT2D eigenvalue weighted by Crippen LogP contribution is 2.65. The SMILES string of the molecule is CC(=O)[C@@]12CC3CC1C(CN([C@@H]1CCC[C@@H](NC(=O)C4Cc5c(F)ccc(CC6C[C@@H](NC(=O)C7Cc8c(F)ccc(C)c8N7)C[C@@H](N7CCC8(CC7)CNC(=O)C8)C6)c5N4)C1)C3)C2. The standard InChI is InChI=1S/C51H67F2N7O4/c1-28-6-8-41(52)38-20-43(57-46(28)38)49(64)56-35-15-30(16-37(19-35)59-12-10-50(11-13-59)24-45(62)54-27-50)14-32-7-9-42(53)39-21-44(58-47(32)39)48(63)55-34-4-3-5-36(18-34)60-25-31-17-40-33(26-60)23-51(40,22-31)29(2)61/h6-9,30-31,33-37,40,43-44,57-58H,3-5,10-27H2,1-2H3,(H,54,62)(H,55,63)(H,56,64)/t30?,31?,33?,34-,35-,36-,37+,40?,43?,44?,51+/m1/s1. The van der Waals surface area contributed by atoms with E-state index in [2.05, 4.69) is 36.4 Å². The molecule has 5 heterocycles. The van der Waals surface area contributed by atoms with Crippen LogP contribution in [0.25, 0.3) is 0 Å². The lowest BCUT2D eigenvalue weighted by Crippen LogP contribution is -2.56. The number of Topliss-reactive ketones (excluding diaryl/α,β-unsaturated/α-hetero) is 1. The average molecular weight is 880 g/mol. The van der Waals surface area contributed by atoms with E-state index < -0.39 is 12.1 Å². The number of halogens is 2. The van der Waals surface area contributed by atoms with Gasteiger partial charge in [0, 0.05) is 91.0 Å². The molecule has 344 valence electrons. The fraction of sp³-hybridized carbons (Fsp3) is 0.686. The van der Waals surface area contributed by atoms with Crippen molar-refractivity contribution in [1.29, 1.82) is 0 Å². The number of benzene rings is 2. The molecule has 11 nitrogen and oxygen atoms in total. The molecule has 7 fully saturated rings. The molecular formula is C51H67F2N7O4. The Kier molecular flexibility index (Phi) is 10.9. The molecule has 6 unspecified atom stereocenters. The zero-order chi connectivity index (χ0) is 44.1. The summed E-state index contributed by atoms with van der Waals surface area (Å²) in [5, 5.41) is 16.7. The van der Waals surface area contributed by atoms with E-state index in [0.717, 1.165) is 126 Å². The summed E-state index contributed by atoms with van der Waals surface area (Å²) in [6, 6.07) is 6.22. The molecule has 64 heavy (non-hydrogen) atoms. The highest BCUT2D eigenvalue weighted by Gasteiger charge is 2.63. The zero-order valence-corrected chi connectivity index (χ0v) is 37.7. The first-order valence-electron chi connectivity index (χ1n) is 24.8. The Bertz CT molecular complexity index is 2190. The number of hydrogen-bond donors (Lipinski definition) is 5. The molecule has 4 aliphatic carbocycles. The van der Waals surface area contributed by atoms with E-state index in [1.165, 1.54) is 12.5 Å². The van der Waals surface area contributed by atoms with Gasteiger partial charge in [-0.05, 0) is 163 Å². The number of rotatable bonds is 9. The molecular weight excluding hydrogens is 813 g/mol. The predicted molar refractivity (Wildman–Crippen MR) is 241 cm³/mol. The second-order valence-corrected chi connectivity index (χ2v) is 22.3. The summed E-state index contributed by atoms with van der Waals surface area (Å²) in [7, 11) is 0. The molecule has 0 aromatic heterocycles. The van der Waals surface area contributed by atoms with Crippen LogP contribution >= 0.6 is 0 Å². The lowest BCUT2D eigenvalue weighted by atomic mass is 9.53. The number of amides is 3. The number of likely N-dealkylation sites (tertiary alicyclic amines) is 2. The van der Waals surface area contributed by atoms with E-state index in [0.29, 0.717) is 66.4 Å². The second-order valence-electron chi connectivity index (χ2n) is 22.3. The fourth-order valence-electron chi connectivity index (χ4n) is 15.1. The molecule has 11 atom stereocenters. The lowest BCUT2D eigenvalue weighted by molar-refractivity contribution is -0.143. The third kappa shape index (κ3) is 7.61. The molecule has 3 amide bonds. The van der Waals surface area contributed by atoms with Crippen molar-refractivity contribution < 1.29 is 28.0 Å². The Hall–Kier alpha value is -4.10. The van der Waals surface area contributed by atoms with Crippen molar-refractivity contribution in [2.45, 2.75) is 153 Å². The maximum atomic E-state index is 15.7. The molecule has 13 heteroatoms. The van der Waals surface area contributed by atoms with E-state index in [9.17, 15) is 23.6 Å². The van der Waals surface area contributed by atoms with Crippen LogP contribution in [0, 0.1) is 53.1 Å². The number of nitrogens with zero attached hydrogens (tertiary/aromatic N) is 2. The highest BCUT2D eigenvalue weighted by molar-refractivity contribution is 5.89. The number of carbonyl (C=O) groups excluding carboxylic acids is 4. The van der Waals surface area contributed by atoms with Crippen LogP contribution < -0.4 is 26.6 Å². The van der Waals surface area contributed by atoms with Crippen molar-refractivity contribution in [2.24, 2.45) is 34.5 Å². The summed E-state index contributed by atoms with van der Waals surface area (Å²) in [5.74, 6) is 1.75. The largest absolute Gasteiger partial charge is 0.373 e. The van der Waals surface area contributed by atoms with Crippen molar-refractivity contribution in [1.82, 2.24) is 25.8 Å². The Labute approximate surface area is 376 Å². The number of aryl methyl sites for hydroxylation is 1. The van der Waals surface area contributed by atoms with Crippen molar-refractivity contribution in [3.8, 4) is 0 Å². The Balaban J connectivity index is 0.748. The molecule has 4 saturated carbocycles. The van der Waals surface area contributed by atoms with E-state index in [1.54, 1.807) is 12.1 Å². The Morgan fingerprint density at radius 1 is 0.797 bits per heavy atom. The van der Waals surface area contributed by atoms with Gasteiger partial charge in [-0.25, -0.2) is 8.78 Å². The fourth-order valence-corrected chi connectivity index (χ4v) is 15.1. The molecule has 9 aliphatic rings. The Morgan fingerprint density at radius 2 is 1.50 bits per heavy atom. The van der Waals surface area contributed by atoms with Crippen molar-refractivity contribution >= 4 is 34.9 Å². The summed E-state index contributed by atoms with van der Waals surface area (Å²) in [4.78, 5) is 58.1. The molecule has 2 aromatic rings. The van der Waals surface area contributed by atoms with E-state index >= 15 is 4.39 Å². The maximum absolute atomic E-state index is 15.7. The van der Waals surface area contributed by atoms with E-state index in [4.69, 9.17) is 0 Å². The smallest absolute Gasteiger partial charge is 0.243 e. The molecule has 11 rings (SSSR count). The van der Waals surface area contributed by atoms with Crippen LogP contribution in [-0.4, -0.2) is 102 Å². The normalized spacial score (nSPS) is 36.2. The van der Waals surface area contributed by atoms with Gasteiger partial charge in [-0.3, -0.25) is 24.1 Å². The predicted octanol–water partition coefficient (Wildman–Crippen LogP) is 5.81. The highest BCUT2D eigenvalue weighted by atomic mass is 19.1. The van der Waals surface area contributed by atoms with E-state index in [-0.39, 0.29) is 64.2 Å². The molecule has 5 aliphatic heterocycles. The van der Waals surface area contributed by atoms with Gasteiger partial charge in [-0.1, -0.05) is 12.1 Å². The van der Waals surface area contributed by atoms with Crippen LogP contribution in [0.3, 0.4) is 0 Å². The molecule has 0 radical (unpaired) electrons. The summed E-state index contributed by atoms with van der Waals surface area (Å²) < 4.78 is 30.5. The summed E-state index contributed by atoms with van der Waals surface area (Å²) in [6.45, 7) is 8.42. The van der Waals surface area contributed by atoms with E-state index in [1.807, 2.05) is 19.9 Å². The van der Waals surface area contributed by atoms with Crippen LogP contribution in [-0.2, 0) is 38.4 Å². The average Bonchev–Trinajstić information content (AvgIpc) is 4.05. The van der Waals surface area contributed by atoms with Crippen LogP contribution in [0.4, 0.5) is 20.2 Å². The summed E-state index contributed by atoms with van der Waals surface area (Å²) >= 11 is 0. The van der Waals surface area contributed by atoms with Crippen LogP contribution in [0.15, 0.2) is 24.3 Å². The first-order valence-corrected chi connectivity index (χ1v) is 24.8. The molecule has 1 spiro atoms. The number of piperidine rings is 1. The zero-order valence-electron chi connectivity index (χ0n) is 37.7. The van der Waals surface area contributed by atoms with Gasteiger partial charge >= 0.3 is 0 Å². The third-order valence-corrected chi connectivity index (χ3v) is 18.4. The topological polar surface area (TPSA) is 135 Å². The van der Waals surface area contributed by atoms with Gasteiger partial charge in [0.1, 0.15) is 29.5 Å². The van der Waals surface area contributed by atoms with Gasteiger partial charge in [0.05, 0.1) is 0 Å². The maximum Gasteiger partial charge on any atom is 0.243 e. The quantitative estimate of drug-likeness (QED) is 0.213. The minimum absolute atomic E-state index is 0.0301. The van der Waals surface area contributed by atoms with Gasteiger partial charge in [0.15, 0.2) is 0 Å². The number of nitrogens with one attached hydrogen (secondary N) is 5. The number of fused-ring (bicyclic) bond motifs is 3.